The first kappa shape index (κ1) is 19.0. The van der Waals surface area contributed by atoms with Gasteiger partial charge in [0.1, 0.15) is 4.90 Å². The van der Waals surface area contributed by atoms with Crippen LogP contribution in [0, 0.1) is 6.92 Å². The SMILES string of the molecule is COc1cccc2cc(S(=O)(=O)c3ccccc3)c(=Nc3cccc(C)c3)oc12. The van der Waals surface area contributed by atoms with E-state index >= 15 is 0 Å². The van der Waals surface area contributed by atoms with Crippen molar-refractivity contribution in [2.75, 3.05) is 7.11 Å². The lowest BCUT2D eigenvalue weighted by atomic mass is 10.2. The Bertz CT molecular complexity index is 1360. The van der Waals surface area contributed by atoms with Crippen LogP contribution in [0.1, 0.15) is 5.56 Å². The quantitative estimate of drug-likeness (QED) is 0.488. The molecule has 0 bridgehead atoms. The average molecular weight is 405 g/mol. The van der Waals surface area contributed by atoms with Gasteiger partial charge in [0.25, 0.3) is 0 Å². The first-order valence-corrected chi connectivity index (χ1v) is 10.5. The number of hydrogen-bond acceptors (Lipinski definition) is 5. The van der Waals surface area contributed by atoms with E-state index < -0.39 is 9.84 Å². The summed E-state index contributed by atoms with van der Waals surface area (Å²) in [5.74, 6) is 0.506. The zero-order chi connectivity index (χ0) is 20.4. The van der Waals surface area contributed by atoms with Gasteiger partial charge in [0.15, 0.2) is 11.3 Å². The van der Waals surface area contributed by atoms with E-state index in [1.54, 1.807) is 60.7 Å². The van der Waals surface area contributed by atoms with Crippen LogP contribution in [-0.2, 0) is 9.84 Å². The van der Waals surface area contributed by atoms with Crippen molar-refractivity contribution in [2.24, 2.45) is 4.99 Å². The smallest absolute Gasteiger partial charge is 0.239 e. The van der Waals surface area contributed by atoms with E-state index in [9.17, 15) is 8.42 Å². The summed E-state index contributed by atoms with van der Waals surface area (Å²) in [6, 6.07) is 22.6. The summed E-state index contributed by atoms with van der Waals surface area (Å²) >= 11 is 0. The van der Waals surface area contributed by atoms with Crippen LogP contribution < -0.4 is 10.3 Å². The molecule has 0 saturated heterocycles. The average Bonchev–Trinajstić information content (AvgIpc) is 2.73. The maximum atomic E-state index is 13.4. The van der Waals surface area contributed by atoms with E-state index in [4.69, 9.17) is 9.15 Å². The van der Waals surface area contributed by atoms with Gasteiger partial charge < -0.3 is 9.15 Å². The highest BCUT2D eigenvalue weighted by Crippen LogP contribution is 2.28. The Morgan fingerprint density at radius 3 is 2.38 bits per heavy atom. The molecule has 1 heterocycles. The third kappa shape index (κ3) is 3.67. The number of methoxy groups -OCH3 is 1. The molecule has 0 aliphatic heterocycles. The van der Waals surface area contributed by atoms with Gasteiger partial charge >= 0.3 is 0 Å². The van der Waals surface area contributed by atoms with Crippen LogP contribution in [0.2, 0.25) is 0 Å². The molecule has 1 aromatic heterocycles. The summed E-state index contributed by atoms with van der Waals surface area (Å²) in [6.45, 7) is 1.95. The minimum absolute atomic E-state index is 0.00552. The van der Waals surface area contributed by atoms with Crippen molar-refractivity contribution in [2.45, 2.75) is 16.7 Å². The lowest BCUT2D eigenvalue weighted by molar-refractivity contribution is 0.404. The van der Waals surface area contributed by atoms with Gasteiger partial charge in [-0.25, -0.2) is 13.4 Å². The summed E-state index contributed by atoms with van der Waals surface area (Å²) < 4.78 is 38.1. The summed E-state index contributed by atoms with van der Waals surface area (Å²) in [7, 11) is -2.30. The number of ether oxygens (including phenoxy) is 1. The van der Waals surface area contributed by atoms with E-state index in [0.29, 0.717) is 22.4 Å². The van der Waals surface area contributed by atoms with E-state index in [1.165, 1.54) is 7.11 Å². The second kappa shape index (κ2) is 7.56. The highest BCUT2D eigenvalue weighted by atomic mass is 32.2. The van der Waals surface area contributed by atoms with Gasteiger partial charge in [-0.2, -0.15) is 0 Å². The minimum Gasteiger partial charge on any atom is -0.493 e. The first-order chi connectivity index (χ1) is 14.0. The molecule has 0 amide bonds. The highest BCUT2D eigenvalue weighted by Gasteiger charge is 2.23. The molecule has 4 aromatic rings. The van der Waals surface area contributed by atoms with E-state index in [-0.39, 0.29) is 15.3 Å². The van der Waals surface area contributed by atoms with Crippen LogP contribution >= 0.6 is 0 Å². The van der Waals surface area contributed by atoms with Crippen LogP contribution in [0.4, 0.5) is 5.69 Å². The Morgan fingerprint density at radius 2 is 1.66 bits per heavy atom. The van der Waals surface area contributed by atoms with Crippen molar-refractivity contribution in [1.82, 2.24) is 0 Å². The summed E-state index contributed by atoms with van der Waals surface area (Å²) in [6.07, 6.45) is 0. The molecule has 0 fully saturated rings. The molecule has 0 spiro atoms. The topological polar surface area (TPSA) is 68.9 Å². The third-order valence-corrected chi connectivity index (χ3v) is 6.26. The van der Waals surface area contributed by atoms with E-state index in [1.807, 2.05) is 25.1 Å². The number of sulfone groups is 1. The number of benzene rings is 3. The van der Waals surface area contributed by atoms with Crippen molar-refractivity contribution in [3.63, 3.8) is 0 Å². The van der Waals surface area contributed by atoms with Gasteiger partial charge in [0.05, 0.1) is 17.7 Å². The zero-order valence-electron chi connectivity index (χ0n) is 16.0. The van der Waals surface area contributed by atoms with Gasteiger partial charge in [-0.1, -0.05) is 42.5 Å². The zero-order valence-corrected chi connectivity index (χ0v) is 16.8. The van der Waals surface area contributed by atoms with Gasteiger partial charge in [-0.15, -0.1) is 0 Å². The van der Waals surface area contributed by atoms with E-state index in [2.05, 4.69) is 4.99 Å². The summed E-state index contributed by atoms with van der Waals surface area (Å²) in [5, 5.41) is 0.613. The van der Waals surface area contributed by atoms with Crippen molar-refractivity contribution in [3.05, 3.63) is 90.0 Å². The lowest BCUT2D eigenvalue weighted by Crippen LogP contribution is -2.16. The molecule has 0 aliphatic carbocycles. The van der Waals surface area contributed by atoms with Crippen molar-refractivity contribution in [1.29, 1.82) is 0 Å². The van der Waals surface area contributed by atoms with Crippen molar-refractivity contribution in [3.8, 4) is 5.75 Å². The molecule has 0 saturated carbocycles. The largest absolute Gasteiger partial charge is 0.493 e. The van der Waals surface area contributed by atoms with Gasteiger partial charge in [0.2, 0.25) is 15.4 Å². The second-order valence-corrected chi connectivity index (χ2v) is 8.48. The maximum Gasteiger partial charge on any atom is 0.239 e. The fourth-order valence-corrected chi connectivity index (χ4v) is 4.45. The van der Waals surface area contributed by atoms with E-state index in [0.717, 1.165) is 5.56 Å². The molecule has 146 valence electrons. The standard InChI is InChI=1S/C23H19NO4S/c1-16-8-6-10-18(14-16)24-23-21(29(25,26)19-11-4-3-5-12-19)15-17-9-7-13-20(27-2)22(17)28-23/h3-15H,1-2H3. The Morgan fingerprint density at radius 1 is 0.897 bits per heavy atom. The molecular formula is C23H19NO4S. The number of nitrogens with zero attached hydrogens (tertiary/aromatic N) is 1. The molecular weight excluding hydrogens is 386 g/mol. The lowest BCUT2D eigenvalue weighted by Gasteiger charge is -2.09. The Balaban J connectivity index is 2.07. The predicted octanol–water partition coefficient (Wildman–Crippen LogP) is 4.82. The molecule has 0 atom stereocenters. The van der Waals surface area contributed by atoms with Crippen LogP contribution in [0.25, 0.3) is 11.0 Å². The minimum atomic E-state index is -3.84. The molecule has 3 aromatic carbocycles. The number of rotatable bonds is 4. The van der Waals surface area contributed by atoms with Crippen molar-refractivity contribution >= 4 is 26.5 Å². The molecule has 0 unspecified atom stereocenters. The molecule has 5 nitrogen and oxygen atoms in total. The Labute approximate surface area is 168 Å². The molecule has 6 heteroatoms. The predicted molar refractivity (Wildman–Crippen MR) is 111 cm³/mol. The highest BCUT2D eigenvalue weighted by molar-refractivity contribution is 7.91. The number of para-hydroxylation sites is 1. The van der Waals surface area contributed by atoms with Gasteiger partial charge in [0, 0.05) is 5.39 Å². The van der Waals surface area contributed by atoms with Gasteiger partial charge in [-0.05, 0) is 48.9 Å². The summed E-state index contributed by atoms with van der Waals surface area (Å²) in [5.41, 5.74) is 2.06. The maximum absolute atomic E-state index is 13.4. The fraction of sp³-hybridized carbons (Fsp3) is 0.0870. The number of aryl methyl sites for hydroxylation is 1. The fourth-order valence-electron chi connectivity index (χ4n) is 3.08. The molecule has 0 radical (unpaired) electrons. The molecule has 4 rings (SSSR count). The Hall–Kier alpha value is -3.38. The third-order valence-electron chi connectivity index (χ3n) is 4.50. The van der Waals surface area contributed by atoms with Crippen molar-refractivity contribution < 1.29 is 17.6 Å². The molecule has 0 N–H and O–H groups in total. The Kier molecular flexibility index (Phi) is 4.94. The normalized spacial score (nSPS) is 12.3. The monoisotopic (exact) mass is 405 g/mol. The summed E-state index contributed by atoms with van der Waals surface area (Å²) in [4.78, 5) is 4.70. The van der Waals surface area contributed by atoms with Crippen LogP contribution in [0.3, 0.4) is 0 Å². The number of hydrogen-bond donors (Lipinski definition) is 0. The van der Waals surface area contributed by atoms with Crippen LogP contribution in [0.5, 0.6) is 5.75 Å². The number of fused-ring (bicyclic) bond motifs is 1. The second-order valence-electron chi connectivity index (χ2n) is 6.56. The van der Waals surface area contributed by atoms with Crippen LogP contribution in [-0.4, -0.2) is 15.5 Å². The molecule has 29 heavy (non-hydrogen) atoms. The van der Waals surface area contributed by atoms with Crippen LogP contribution in [0.15, 0.2) is 98.1 Å². The first-order valence-electron chi connectivity index (χ1n) is 9.01. The van der Waals surface area contributed by atoms with Gasteiger partial charge in [-0.3, -0.25) is 0 Å². The molecule has 0 aliphatic rings.